The highest BCUT2D eigenvalue weighted by Gasteiger charge is 2.13. The molecule has 0 unspecified atom stereocenters. The summed E-state index contributed by atoms with van der Waals surface area (Å²) >= 11 is 3.01. The summed E-state index contributed by atoms with van der Waals surface area (Å²) in [4.78, 5) is 0. The Balaban J connectivity index is 2.43. The highest BCUT2D eigenvalue weighted by atomic mass is 79.9. The number of hydrogen-bond donors (Lipinski definition) is 0. The van der Waals surface area contributed by atoms with Crippen molar-refractivity contribution < 1.29 is 18.3 Å². The predicted molar refractivity (Wildman–Crippen MR) is 69.4 cm³/mol. The van der Waals surface area contributed by atoms with E-state index in [1.54, 1.807) is 0 Å². The molecule has 0 aliphatic heterocycles. The Kier molecular flexibility index (Phi) is 5.69. The molecular formula is C13H17BrF2O2. The van der Waals surface area contributed by atoms with E-state index in [2.05, 4.69) is 15.9 Å². The molecule has 0 aliphatic carbocycles. The lowest BCUT2D eigenvalue weighted by molar-refractivity contribution is -0.0382. The van der Waals surface area contributed by atoms with Crippen LogP contribution in [0.25, 0.3) is 0 Å². The summed E-state index contributed by atoms with van der Waals surface area (Å²) in [6, 6.07) is 2.54. The van der Waals surface area contributed by atoms with E-state index in [9.17, 15) is 8.78 Å². The Hall–Kier alpha value is -0.520. The molecule has 0 aliphatic rings. The van der Waals surface area contributed by atoms with Gasteiger partial charge in [-0.15, -0.1) is 0 Å². The summed E-state index contributed by atoms with van der Waals surface area (Å²) in [5, 5.41) is 0. The molecule has 1 rings (SSSR count). The van der Waals surface area contributed by atoms with Crippen molar-refractivity contribution in [2.45, 2.75) is 33.0 Å². The normalized spacial score (nSPS) is 11.9. The first-order valence-electron chi connectivity index (χ1n) is 5.65. The van der Waals surface area contributed by atoms with Crippen LogP contribution in [0.4, 0.5) is 8.78 Å². The van der Waals surface area contributed by atoms with Crippen molar-refractivity contribution in [3.63, 3.8) is 0 Å². The average Bonchev–Trinajstić information content (AvgIpc) is 2.26. The molecular weight excluding hydrogens is 306 g/mol. The highest BCUT2D eigenvalue weighted by molar-refractivity contribution is 9.10. The Morgan fingerprint density at radius 1 is 1.17 bits per heavy atom. The lowest BCUT2D eigenvalue weighted by Crippen LogP contribution is -2.21. The van der Waals surface area contributed by atoms with Gasteiger partial charge in [-0.3, -0.25) is 0 Å². The van der Waals surface area contributed by atoms with Crippen LogP contribution in [0.15, 0.2) is 16.6 Å². The Morgan fingerprint density at radius 3 is 2.44 bits per heavy atom. The summed E-state index contributed by atoms with van der Waals surface area (Å²) < 4.78 is 37.8. The molecule has 0 spiro atoms. The van der Waals surface area contributed by atoms with Gasteiger partial charge in [0, 0.05) is 0 Å². The van der Waals surface area contributed by atoms with Crippen LogP contribution in [-0.4, -0.2) is 18.8 Å². The Bertz CT molecular complexity index is 403. The number of hydrogen-bond acceptors (Lipinski definition) is 2. The molecule has 102 valence electrons. The first-order chi connectivity index (χ1) is 8.31. The van der Waals surface area contributed by atoms with Crippen LogP contribution in [0.5, 0.6) is 0 Å². The van der Waals surface area contributed by atoms with Crippen molar-refractivity contribution in [2.75, 3.05) is 13.2 Å². The summed E-state index contributed by atoms with van der Waals surface area (Å²) in [5.41, 5.74) is -0.310. The third kappa shape index (κ3) is 5.00. The van der Waals surface area contributed by atoms with Gasteiger partial charge < -0.3 is 9.47 Å². The van der Waals surface area contributed by atoms with Gasteiger partial charge >= 0.3 is 0 Å². The van der Waals surface area contributed by atoms with Crippen LogP contribution in [0.3, 0.4) is 0 Å². The van der Waals surface area contributed by atoms with E-state index in [1.807, 2.05) is 20.8 Å². The zero-order valence-corrected chi connectivity index (χ0v) is 12.3. The topological polar surface area (TPSA) is 18.5 Å². The molecule has 0 fully saturated rings. The minimum absolute atomic E-state index is 0.0693. The minimum Gasteiger partial charge on any atom is -0.374 e. The van der Waals surface area contributed by atoms with E-state index in [0.717, 1.165) is 0 Å². The standard InChI is InChI=1S/C13H17BrF2O2/c1-13(2,3)18-7-6-17-8-9-11(15)5-4-10(14)12(9)16/h4-5H,6-8H2,1-3H3. The monoisotopic (exact) mass is 322 g/mol. The smallest absolute Gasteiger partial charge is 0.145 e. The first kappa shape index (κ1) is 15.5. The van der Waals surface area contributed by atoms with Crippen LogP contribution < -0.4 is 0 Å². The quantitative estimate of drug-likeness (QED) is 0.601. The lowest BCUT2D eigenvalue weighted by atomic mass is 10.2. The van der Waals surface area contributed by atoms with Crippen LogP contribution in [-0.2, 0) is 16.1 Å². The minimum atomic E-state index is -0.619. The molecule has 18 heavy (non-hydrogen) atoms. The molecule has 5 heteroatoms. The number of benzene rings is 1. The Morgan fingerprint density at radius 2 is 1.83 bits per heavy atom. The van der Waals surface area contributed by atoms with Crippen LogP contribution in [0, 0.1) is 11.6 Å². The molecule has 0 saturated carbocycles. The molecule has 1 aromatic rings. The molecule has 0 bridgehead atoms. The van der Waals surface area contributed by atoms with Crippen molar-refractivity contribution >= 4 is 15.9 Å². The lowest BCUT2D eigenvalue weighted by Gasteiger charge is -2.19. The highest BCUT2D eigenvalue weighted by Crippen LogP contribution is 2.22. The fourth-order valence-electron chi connectivity index (χ4n) is 1.28. The van der Waals surface area contributed by atoms with Crippen molar-refractivity contribution in [1.29, 1.82) is 0 Å². The SMILES string of the molecule is CC(C)(C)OCCOCc1c(F)ccc(Br)c1F. The number of halogens is 3. The summed E-state index contributed by atoms with van der Waals surface area (Å²) in [5.74, 6) is -1.22. The van der Waals surface area contributed by atoms with Crippen molar-refractivity contribution in [1.82, 2.24) is 0 Å². The average molecular weight is 323 g/mol. The second-order valence-electron chi connectivity index (χ2n) is 4.84. The maximum absolute atomic E-state index is 13.6. The molecule has 0 amide bonds. The fraction of sp³-hybridized carbons (Fsp3) is 0.538. The van der Waals surface area contributed by atoms with Gasteiger partial charge in [-0.05, 0) is 48.8 Å². The van der Waals surface area contributed by atoms with Crippen LogP contribution in [0.2, 0.25) is 0 Å². The van der Waals surface area contributed by atoms with E-state index in [1.165, 1.54) is 12.1 Å². The molecule has 0 radical (unpaired) electrons. The predicted octanol–water partition coefficient (Wildman–Crippen LogP) is 4.06. The van der Waals surface area contributed by atoms with E-state index in [-0.39, 0.29) is 22.2 Å². The van der Waals surface area contributed by atoms with E-state index in [0.29, 0.717) is 13.2 Å². The summed E-state index contributed by atoms with van der Waals surface area (Å²) in [7, 11) is 0. The van der Waals surface area contributed by atoms with Crippen molar-refractivity contribution in [3.05, 3.63) is 33.8 Å². The van der Waals surface area contributed by atoms with E-state index in [4.69, 9.17) is 9.47 Å². The molecule has 0 aromatic heterocycles. The zero-order valence-electron chi connectivity index (χ0n) is 10.7. The second kappa shape index (κ2) is 6.59. The van der Waals surface area contributed by atoms with Gasteiger partial charge in [-0.25, -0.2) is 8.78 Å². The number of ether oxygens (including phenoxy) is 2. The molecule has 1 aromatic carbocycles. The molecule has 2 nitrogen and oxygen atoms in total. The third-order valence-electron chi connectivity index (χ3n) is 2.15. The summed E-state index contributed by atoms with van der Waals surface area (Å²) in [6.45, 7) is 6.37. The first-order valence-corrected chi connectivity index (χ1v) is 6.44. The van der Waals surface area contributed by atoms with Crippen molar-refractivity contribution in [3.8, 4) is 0 Å². The molecule has 0 N–H and O–H groups in total. The third-order valence-corrected chi connectivity index (χ3v) is 2.76. The molecule has 0 heterocycles. The van der Waals surface area contributed by atoms with Gasteiger partial charge in [-0.1, -0.05) is 0 Å². The Labute approximate surface area is 114 Å². The maximum atomic E-state index is 13.6. The van der Waals surface area contributed by atoms with Crippen molar-refractivity contribution in [2.24, 2.45) is 0 Å². The molecule has 0 saturated heterocycles. The molecule has 0 atom stereocenters. The summed E-state index contributed by atoms with van der Waals surface area (Å²) in [6.07, 6.45) is 0. The van der Waals surface area contributed by atoms with E-state index >= 15 is 0 Å². The zero-order chi connectivity index (χ0) is 13.8. The fourth-order valence-corrected chi connectivity index (χ4v) is 1.65. The van der Waals surface area contributed by atoms with Gasteiger partial charge in [0.25, 0.3) is 0 Å². The maximum Gasteiger partial charge on any atom is 0.145 e. The largest absolute Gasteiger partial charge is 0.374 e. The van der Waals surface area contributed by atoms with Gasteiger partial charge in [0.2, 0.25) is 0 Å². The number of rotatable bonds is 5. The van der Waals surface area contributed by atoms with Gasteiger partial charge in [0.05, 0.1) is 35.5 Å². The van der Waals surface area contributed by atoms with E-state index < -0.39 is 11.6 Å². The van der Waals surface area contributed by atoms with Crippen LogP contribution >= 0.6 is 15.9 Å². The van der Waals surface area contributed by atoms with Crippen LogP contribution in [0.1, 0.15) is 26.3 Å². The van der Waals surface area contributed by atoms with Gasteiger partial charge in [0.1, 0.15) is 11.6 Å². The van der Waals surface area contributed by atoms with Gasteiger partial charge in [0.15, 0.2) is 0 Å². The van der Waals surface area contributed by atoms with Gasteiger partial charge in [-0.2, -0.15) is 0 Å². The second-order valence-corrected chi connectivity index (χ2v) is 5.69.